The fourth-order valence-electron chi connectivity index (χ4n) is 3.67. The summed E-state index contributed by atoms with van der Waals surface area (Å²) in [7, 11) is -4.02. The summed E-state index contributed by atoms with van der Waals surface area (Å²) in [6.45, 7) is 5.00. The zero-order valence-electron chi connectivity index (χ0n) is 21.9. The maximum absolute atomic E-state index is 11.4. The third-order valence-electron chi connectivity index (χ3n) is 5.84. The lowest BCUT2D eigenvalue weighted by molar-refractivity contribution is -0.143. The maximum Gasteiger partial charge on any atom is 0.356 e. The first kappa shape index (κ1) is 32.8. The smallest absolute Gasteiger partial charge is 0.356 e. The molecule has 1 aromatic rings. The lowest BCUT2D eigenvalue weighted by atomic mass is 10.0. The Kier molecular flexibility index (Phi) is 22.8. The van der Waals surface area contributed by atoms with Crippen LogP contribution in [0.2, 0.25) is 0 Å². The molecule has 0 aromatic heterocycles. The van der Waals surface area contributed by atoms with E-state index in [4.69, 9.17) is 14.5 Å². The van der Waals surface area contributed by atoms with Gasteiger partial charge in [0.1, 0.15) is 0 Å². The number of hydrogen-bond donors (Lipinski definition) is 2. The molecular formula is C28H51O5P. The number of carbonyl (C=O) groups is 1. The molecule has 0 saturated carbocycles. The fourth-order valence-corrected chi connectivity index (χ4v) is 4.23. The highest BCUT2D eigenvalue weighted by atomic mass is 31.2. The lowest BCUT2D eigenvalue weighted by Gasteiger charge is -2.04. The maximum atomic E-state index is 11.4. The molecule has 1 aromatic carbocycles. The van der Waals surface area contributed by atoms with Crippen LogP contribution in [0, 0.1) is 0 Å². The molecule has 0 atom stereocenters. The van der Waals surface area contributed by atoms with E-state index >= 15 is 0 Å². The van der Waals surface area contributed by atoms with Gasteiger partial charge in [-0.25, -0.2) is 0 Å². The van der Waals surface area contributed by atoms with Crippen LogP contribution in [0.15, 0.2) is 30.3 Å². The van der Waals surface area contributed by atoms with Crippen molar-refractivity contribution >= 4 is 18.9 Å². The lowest BCUT2D eigenvalue weighted by Crippen LogP contribution is -2.05. The minimum Gasteiger partial charge on any atom is -0.466 e. The molecule has 34 heavy (non-hydrogen) atoms. The second-order valence-corrected chi connectivity index (χ2v) is 10.8. The number of unbranched alkanes of at least 4 members (excludes halogenated alkanes) is 15. The van der Waals surface area contributed by atoms with Gasteiger partial charge >= 0.3 is 13.6 Å². The number of benzene rings is 1. The van der Waals surface area contributed by atoms with Crippen LogP contribution in [0.4, 0.5) is 0 Å². The molecule has 0 heterocycles. The molecule has 0 aliphatic rings. The van der Waals surface area contributed by atoms with Crippen LogP contribution in [-0.2, 0) is 14.1 Å². The fraction of sp³-hybridized carbons (Fsp3) is 0.750. The second kappa shape index (κ2) is 23.6. The molecular weight excluding hydrogens is 447 g/mol. The third-order valence-corrected chi connectivity index (χ3v) is 6.81. The van der Waals surface area contributed by atoms with Gasteiger partial charge in [-0.3, -0.25) is 9.36 Å². The number of esters is 1. The van der Waals surface area contributed by atoms with E-state index in [1.54, 1.807) is 18.2 Å². The van der Waals surface area contributed by atoms with Crippen molar-refractivity contribution in [2.75, 3.05) is 6.61 Å². The van der Waals surface area contributed by atoms with Crippen LogP contribution in [-0.4, -0.2) is 22.4 Å². The number of carbonyl (C=O) groups excluding carboxylic acids is 1. The summed E-state index contributed by atoms with van der Waals surface area (Å²) < 4.78 is 15.7. The highest BCUT2D eigenvalue weighted by molar-refractivity contribution is 7.60. The second-order valence-electron chi connectivity index (χ2n) is 9.15. The van der Waals surface area contributed by atoms with Crippen LogP contribution < -0.4 is 5.30 Å². The molecule has 0 saturated heterocycles. The van der Waals surface area contributed by atoms with Gasteiger partial charge in [-0.15, -0.1) is 0 Å². The Morgan fingerprint density at radius 2 is 1.09 bits per heavy atom. The quantitative estimate of drug-likeness (QED) is 0.108. The first-order chi connectivity index (χ1) is 16.4. The van der Waals surface area contributed by atoms with Crippen LogP contribution in [0.25, 0.3) is 0 Å². The first-order valence-corrected chi connectivity index (χ1v) is 15.3. The number of rotatable bonds is 20. The van der Waals surface area contributed by atoms with Crippen molar-refractivity contribution in [3.8, 4) is 0 Å². The molecule has 0 amide bonds. The summed E-state index contributed by atoms with van der Waals surface area (Å²) in [6, 6.07) is 7.70. The van der Waals surface area contributed by atoms with Gasteiger partial charge in [0.05, 0.1) is 11.9 Å². The Balaban J connectivity index is 0.000000896. The summed E-state index contributed by atoms with van der Waals surface area (Å²) in [5.41, 5.74) is 0. The molecule has 0 aliphatic carbocycles. The normalized spacial score (nSPS) is 11.1. The van der Waals surface area contributed by atoms with Crippen molar-refractivity contribution in [2.24, 2.45) is 0 Å². The molecule has 1 rings (SSSR count). The zero-order valence-corrected chi connectivity index (χ0v) is 22.8. The van der Waals surface area contributed by atoms with Gasteiger partial charge in [0.25, 0.3) is 0 Å². The molecule has 5 nitrogen and oxygen atoms in total. The van der Waals surface area contributed by atoms with Gasteiger partial charge in [0, 0.05) is 6.42 Å². The SMILES string of the molecule is CCCCCCCCCCCCCCCCCC(=O)OCCCC.O=P(O)(O)c1ccccc1. The predicted molar refractivity (Wildman–Crippen MR) is 144 cm³/mol. The van der Waals surface area contributed by atoms with Crippen molar-refractivity contribution in [3.63, 3.8) is 0 Å². The Hall–Kier alpha value is -1.16. The van der Waals surface area contributed by atoms with Crippen LogP contribution >= 0.6 is 7.60 Å². The van der Waals surface area contributed by atoms with Crippen LogP contribution in [0.3, 0.4) is 0 Å². The van der Waals surface area contributed by atoms with Gasteiger partial charge in [0.2, 0.25) is 0 Å². The monoisotopic (exact) mass is 498 g/mol. The largest absolute Gasteiger partial charge is 0.466 e. The van der Waals surface area contributed by atoms with Gasteiger partial charge in [-0.05, 0) is 25.0 Å². The Morgan fingerprint density at radius 3 is 1.47 bits per heavy atom. The topological polar surface area (TPSA) is 83.8 Å². The van der Waals surface area contributed by atoms with Crippen molar-refractivity contribution in [1.29, 1.82) is 0 Å². The van der Waals surface area contributed by atoms with Crippen molar-refractivity contribution in [1.82, 2.24) is 0 Å². The molecule has 0 bridgehead atoms. The Bertz CT molecular complexity index is 614. The Morgan fingerprint density at radius 1 is 0.676 bits per heavy atom. The first-order valence-electron chi connectivity index (χ1n) is 13.7. The van der Waals surface area contributed by atoms with Crippen LogP contribution in [0.5, 0.6) is 0 Å². The number of ether oxygens (including phenoxy) is 1. The minimum absolute atomic E-state index is 0.00172. The summed E-state index contributed by atoms with van der Waals surface area (Å²) in [5, 5.41) is 0.0648. The zero-order chi connectivity index (χ0) is 25.3. The van der Waals surface area contributed by atoms with Gasteiger partial charge in [-0.1, -0.05) is 128 Å². The highest BCUT2D eigenvalue weighted by Gasteiger charge is 2.14. The third kappa shape index (κ3) is 22.6. The van der Waals surface area contributed by atoms with Crippen LogP contribution in [0.1, 0.15) is 129 Å². The van der Waals surface area contributed by atoms with Gasteiger partial charge < -0.3 is 14.5 Å². The van der Waals surface area contributed by atoms with E-state index in [-0.39, 0.29) is 11.3 Å². The summed E-state index contributed by atoms with van der Waals surface area (Å²) >= 11 is 0. The van der Waals surface area contributed by atoms with E-state index in [0.29, 0.717) is 13.0 Å². The van der Waals surface area contributed by atoms with E-state index < -0.39 is 7.60 Å². The highest BCUT2D eigenvalue weighted by Crippen LogP contribution is 2.32. The molecule has 2 N–H and O–H groups in total. The minimum atomic E-state index is -4.02. The predicted octanol–water partition coefficient (Wildman–Crippen LogP) is 8.08. The molecule has 0 spiro atoms. The van der Waals surface area contributed by atoms with E-state index in [2.05, 4.69) is 13.8 Å². The van der Waals surface area contributed by atoms with E-state index in [1.807, 2.05) is 0 Å². The summed E-state index contributed by atoms with van der Waals surface area (Å²) in [4.78, 5) is 28.6. The average molecular weight is 499 g/mol. The molecule has 0 radical (unpaired) electrons. The molecule has 198 valence electrons. The number of hydrogen-bond acceptors (Lipinski definition) is 3. The van der Waals surface area contributed by atoms with Crippen molar-refractivity contribution < 1.29 is 23.9 Å². The van der Waals surface area contributed by atoms with E-state index in [0.717, 1.165) is 19.3 Å². The molecule has 6 heteroatoms. The average Bonchev–Trinajstić information content (AvgIpc) is 2.82. The Labute approximate surface area is 209 Å². The summed E-state index contributed by atoms with van der Waals surface area (Å²) in [5.74, 6) is -0.00172. The van der Waals surface area contributed by atoms with E-state index in [1.165, 1.54) is 102 Å². The summed E-state index contributed by atoms with van der Waals surface area (Å²) in [6.07, 6.45) is 23.1. The van der Waals surface area contributed by atoms with Crippen molar-refractivity contribution in [3.05, 3.63) is 30.3 Å². The standard InChI is InChI=1S/C22H44O2.C6H7O3P/c1-3-5-7-8-9-10-11-12-13-14-15-16-17-18-19-20-22(23)24-21-6-4-2;7-10(8,9)6-4-2-1-3-5-6/h3-21H2,1-2H3;1-5H,(H2,7,8,9). The van der Waals surface area contributed by atoms with Crippen molar-refractivity contribution in [2.45, 2.75) is 129 Å². The van der Waals surface area contributed by atoms with Gasteiger partial charge in [-0.2, -0.15) is 0 Å². The molecule has 0 aliphatic heterocycles. The molecule has 0 fully saturated rings. The van der Waals surface area contributed by atoms with Gasteiger partial charge in [0.15, 0.2) is 0 Å². The molecule has 0 unspecified atom stereocenters. The van der Waals surface area contributed by atoms with E-state index in [9.17, 15) is 9.36 Å².